The number of halogens is 1. The number of para-hydroxylation sites is 2. The minimum Gasteiger partial charge on any atom is -0.493 e. The number of thioether (sulfide) groups is 1. The van der Waals surface area contributed by atoms with Gasteiger partial charge < -0.3 is 14.8 Å². The van der Waals surface area contributed by atoms with E-state index in [-0.39, 0.29) is 22.5 Å². The average molecular weight is 509 g/mol. The van der Waals surface area contributed by atoms with E-state index in [0.29, 0.717) is 22.0 Å². The summed E-state index contributed by atoms with van der Waals surface area (Å²) in [5, 5.41) is 2.81. The van der Waals surface area contributed by atoms with Gasteiger partial charge in [-0.3, -0.25) is 14.5 Å². The summed E-state index contributed by atoms with van der Waals surface area (Å²) in [6, 6.07) is 18.5. The average Bonchev–Trinajstić information content (AvgIpc) is 3.12. The van der Waals surface area contributed by atoms with E-state index in [1.54, 1.807) is 36.4 Å². The van der Waals surface area contributed by atoms with Gasteiger partial charge in [0, 0.05) is 5.69 Å². The second kappa shape index (κ2) is 10.7. The molecular formula is C26H21FN2O4S2. The molecule has 178 valence electrons. The Morgan fingerprint density at radius 3 is 2.60 bits per heavy atom. The molecule has 0 saturated carbocycles. The number of hydrogen-bond donors (Lipinski definition) is 1. The molecule has 0 radical (unpaired) electrons. The molecule has 1 N–H and O–H groups in total. The zero-order chi connectivity index (χ0) is 24.9. The first-order valence-corrected chi connectivity index (χ1v) is 11.8. The summed E-state index contributed by atoms with van der Waals surface area (Å²) in [7, 11) is 1.48. The first kappa shape index (κ1) is 24.4. The highest BCUT2D eigenvalue weighted by molar-refractivity contribution is 8.27. The molecule has 1 fully saturated rings. The summed E-state index contributed by atoms with van der Waals surface area (Å²) < 4.78 is 25.5. The van der Waals surface area contributed by atoms with Gasteiger partial charge in [-0.05, 0) is 54.5 Å². The van der Waals surface area contributed by atoms with Crippen LogP contribution in [0.15, 0.2) is 71.6 Å². The van der Waals surface area contributed by atoms with Crippen LogP contribution in [0.1, 0.15) is 11.1 Å². The van der Waals surface area contributed by atoms with Gasteiger partial charge in [0.15, 0.2) is 22.4 Å². The van der Waals surface area contributed by atoms with Crippen LogP contribution in [0.2, 0.25) is 0 Å². The van der Waals surface area contributed by atoms with E-state index in [0.717, 1.165) is 23.0 Å². The molecule has 1 saturated heterocycles. The fourth-order valence-corrected chi connectivity index (χ4v) is 4.68. The summed E-state index contributed by atoms with van der Waals surface area (Å²) in [5.74, 6) is -0.463. The van der Waals surface area contributed by atoms with Crippen molar-refractivity contribution in [3.05, 3.63) is 88.6 Å². The van der Waals surface area contributed by atoms with Crippen molar-refractivity contribution in [3.8, 4) is 11.5 Å². The van der Waals surface area contributed by atoms with Gasteiger partial charge in [0.05, 0.1) is 17.7 Å². The van der Waals surface area contributed by atoms with E-state index in [1.807, 2.05) is 31.2 Å². The molecule has 0 aromatic heterocycles. The number of methoxy groups -OCH3 is 1. The first-order valence-electron chi connectivity index (χ1n) is 10.6. The normalized spacial score (nSPS) is 14.4. The van der Waals surface area contributed by atoms with Crippen molar-refractivity contribution in [2.75, 3.05) is 23.9 Å². The molecule has 0 atom stereocenters. The molecule has 0 unspecified atom stereocenters. The lowest BCUT2D eigenvalue weighted by molar-refractivity contribution is -0.118. The van der Waals surface area contributed by atoms with Crippen molar-refractivity contribution < 1.29 is 23.5 Å². The fourth-order valence-electron chi connectivity index (χ4n) is 3.40. The maximum Gasteiger partial charge on any atom is 0.270 e. The Balaban J connectivity index is 1.47. The Morgan fingerprint density at radius 2 is 1.86 bits per heavy atom. The highest BCUT2D eigenvalue weighted by atomic mass is 32.2. The Bertz CT molecular complexity index is 1340. The molecule has 1 aliphatic heterocycles. The number of nitrogens with zero attached hydrogens (tertiary/aromatic N) is 1. The molecule has 6 nitrogen and oxygen atoms in total. The number of rotatable bonds is 7. The lowest BCUT2D eigenvalue weighted by Gasteiger charge is -2.15. The highest BCUT2D eigenvalue weighted by Gasteiger charge is 2.34. The molecule has 4 rings (SSSR count). The van der Waals surface area contributed by atoms with Gasteiger partial charge >= 0.3 is 0 Å². The van der Waals surface area contributed by atoms with Crippen molar-refractivity contribution in [2.45, 2.75) is 6.92 Å². The van der Waals surface area contributed by atoms with Gasteiger partial charge in [-0.25, -0.2) is 4.39 Å². The molecule has 0 aliphatic carbocycles. The van der Waals surface area contributed by atoms with Crippen LogP contribution in [0, 0.1) is 12.7 Å². The smallest absolute Gasteiger partial charge is 0.270 e. The number of anilines is 2. The molecule has 2 amide bonds. The van der Waals surface area contributed by atoms with Crippen LogP contribution in [0.3, 0.4) is 0 Å². The summed E-state index contributed by atoms with van der Waals surface area (Å²) in [6.45, 7) is 1.70. The number of amides is 2. The largest absolute Gasteiger partial charge is 0.493 e. The fraction of sp³-hybridized carbons (Fsp3) is 0.115. The topological polar surface area (TPSA) is 67.9 Å². The lowest BCUT2D eigenvalue weighted by Crippen LogP contribution is -2.28. The van der Waals surface area contributed by atoms with Crippen LogP contribution in [0.4, 0.5) is 15.8 Å². The van der Waals surface area contributed by atoms with E-state index in [9.17, 15) is 14.0 Å². The second-order valence-electron chi connectivity index (χ2n) is 7.53. The Kier molecular flexibility index (Phi) is 7.48. The third-order valence-corrected chi connectivity index (χ3v) is 6.45. The lowest BCUT2D eigenvalue weighted by atomic mass is 10.1. The van der Waals surface area contributed by atoms with Crippen LogP contribution in [0.25, 0.3) is 6.08 Å². The van der Waals surface area contributed by atoms with Gasteiger partial charge in [-0.2, -0.15) is 0 Å². The highest BCUT2D eigenvalue weighted by Crippen LogP contribution is 2.38. The number of thiocarbonyl (C=S) groups is 1. The monoisotopic (exact) mass is 508 g/mol. The van der Waals surface area contributed by atoms with Crippen LogP contribution in [-0.4, -0.2) is 29.9 Å². The third-order valence-electron chi connectivity index (χ3n) is 5.15. The maximum absolute atomic E-state index is 14.2. The van der Waals surface area contributed by atoms with Crippen LogP contribution >= 0.6 is 24.0 Å². The Labute approximate surface area is 211 Å². The second-order valence-corrected chi connectivity index (χ2v) is 9.21. The van der Waals surface area contributed by atoms with Gasteiger partial charge in [0.1, 0.15) is 5.82 Å². The van der Waals surface area contributed by atoms with Crippen molar-refractivity contribution in [1.82, 2.24) is 0 Å². The van der Waals surface area contributed by atoms with E-state index in [4.69, 9.17) is 21.7 Å². The van der Waals surface area contributed by atoms with Crippen molar-refractivity contribution >= 4 is 57.6 Å². The van der Waals surface area contributed by atoms with Gasteiger partial charge in [0.2, 0.25) is 0 Å². The summed E-state index contributed by atoms with van der Waals surface area (Å²) in [4.78, 5) is 26.8. The minimum atomic E-state index is -0.528. The predicted octanol–water partition coefficient (Wildman–Crippen LogP) is 5.57. The Morgan fingerprint density at radius 1 is 1.11 bits per heavy atom. The zero-order valence-electron chi connectivity index (χ0n) is 18.9. The number of carbonyl (C=O) groups is 2. The molecule has 0 bridgehead atoms. The maximum atomic E-state index is 14.2. The molecule has 1 heterocycles. The molecule has 9 heteroatoms. The quantitative estimate of drug-likeness (QED) is 0.333. The number of aryl methyl sites for hydroxylation is 1. The van der Waals surface area contributed by atoms with E-state index in [1.165, 1.54) is 24.1 Å². The zero-order valence-corrected chi connectivity index (χ0v) is 20.5. The minimum absolute atomic E-state index is 0.115. The molecule has 0 spiro atoms. The number of benzene rings is 3. The number of hydrogen-bond acceptors (Lipinski definition) is 6. The third kappa shape index (κ3) is 5.52. The number of carbonyl (C=O) groups excluding carboxylic acids is 2. The SMILES string of the molecule is COc1cc(/C=C2/SC(=S)N(c3ccccc3F)C2=O)ccc1OCC(=O)Nc1ccccc1C. The Hall–Kier alpha value is -3.69. The predicted molar refractivity (Wildman–Crippen MR) is 140 cm³/mol. The molecule has 1 aliphatic rings. The van der Waals surface area contributed by atoms with E-state index < -0.39 is 11.7 Å². The number of nitrogens with one attached hydrogen (secondary N) is 1. The summed E-state index contributed by atoms with van der Waals surface area (Å²) in [5.41, 5.74) is 2.44. The summed E-state index contributed by atoms with van der Waals surface area (Å²) in [6.07, 6.45) is 1.65. The molecule has 3 aromatic rings. The molecule has 35 heavy (non-hydrogen) atoms. The number of ether oxygens (including phenoxy) is 2. The van der Waals surface area contributed by atoms with Crippen LogP contribution < -0.4 is 19.7 Å². The van der Waals surface area contributed by atoms with E-state index >= 15 is 0 Å². The molecular weight excluding hydrogens is 487 g/mol. The first-order chi connectivity index (χ1) is 16.9. The van der Waals surface area contributed by atoms with Crippen molar-refractivity contribution in [3.63, 3.8) is 0 Å². The van der Waals surface area contributed by atoms with E-state index in [2.05, 4.69) is 5.32 Å². The van der Waals surface area contributed by atoms with Crippen molar-refractivity contribution in [1.29, 1.82) is 0 Å². The van der Waals surface area contributed by atoms with Gasteiger partial charge in [-0.15, -0.1) is 0 Å². The van der Waals surface area contributed by atoms with Gasteiger partial charge in [0.25, 0.3) is 11.8 Å². The van der Waals surface area contributed by atoms with Crippen LogP contribution in [-0.2, 0) is 9.59 Å². The van der Waals surface area contributed by atoms with Crippen LogP contribution in [0.5, 0.6) is 11.5 Å². The van der Waals surface area contributed by atoms with Gasteiger partial charge in [-0.1, -0.05) is 60.4 Å². The van der Waals surface area contributed by atoms with Crippen molar-refractivity contribution in [2.24, 2.45) is 0 Å². The standard InChI is InChI=1S/C26H21FN2O4S2/c1-16-7-3-5-9-19(16)28-24(30)15-33-21-12-11-17(13-22(21)32-2)14-23-25(31)29(26(34)35-23)20-10-6-4-8-18(20)27/h3-14H,15H2,1-2H3,(H,28,30)/b23-14+. The summed E-state index contributed by atoms with van der Waals surface area (Å²) >= 11 is 6.40. The molecule has 3 aromatic carbocycles.